The van der Waals surface area contributed by atoms with Crippen molar-refractivity contribution in [3.05, 3.63) is 185 Å². The van der Waals surface area contributed by atoms with Gasteiger partial charge in [0.2, 0.25) is 0 Å². The molecule has 0 aliphatic rings. The molecule has 0 spiro atoms. The Labute approximate surface area is 297 Å². The highest BCUT2D eigenvalue weighted by atomic mass is 16.5. The lowest BCUT2D eigenvalue weighted by atomic mass is 9.80. The van der Waals surface area contributed by atoms with Gasteiger partial charge in [-0.1, -0.05) is 96.1 Å². The van der Waals surface area contributed by atoms with E-state index in [-0.39, 0.29) is 6.61 Å². The summed E-state index contributed by atoms with van der Waals surface area (Å²) in [4.78, 5) is 3.31. The molecule has 258 valence electrons. The number of ether oxygens (including phenoxy) is 5. The second kappa shape index (κ2) is 16.5. The maximum atomic E-state index is 10.1. The van der Waals surface area contributed by atoms with Gasteiger partial charge in [-0.15, -0.1) is 0 Å². The molecule has 1 unspecified atom stereocenters. The Morgan fingerprint density at radius 3 is 1.53 bits per heavy atom. The van der Waals surface area contributed by atoms with Crippen LogP contribution in [0.5, 0.6) is 23.0 Å². The standard InChI is InChI=1S/C41H39N5O5/c1-46-28-30(27-43-46)39(50-36-23-19-34(47-2)20-24-36)40(51-37-25-21-35(48-3)22-26-37)38(44-45-42)29-49-41(31-13-7-4-8-14-31,32-15-9-5-10-16-32)33-17-11-6-12-18-33/h4-28,38-40H,29H2,1-3H3/t38?,39-,40-/m1/s1. The highest BCUT2D eigenvalue weighted by Crippen LogP contribution is 2.41. The lowest BCUT2D eigenvalue weighted by Gasteiger charge is -2.38. The van der Waals surface area contributed by atoms with Crippen molar-refractivity contribution in [2.75, 3.05) is 20.8 Å². The largest absolute Gasteiger partial charge is 0.497 e. The molecule has 1 aromatic heterocycles. The van der Waals surface area contributed by atoms with Crippen molar-refractivity contribution < 1.29 is 23.7 Å². The van der Waals surface area contributed by atoms with Gasteiger partial charge in [0.05, 0.1) is 27.0 Å². The number of hydrogen-bond acceptors (Lipinski definition) is 7. The molecule has 0 N–H and O–H groups in total. The summed E-state index contributed by atoms with van der Waals surface area (Å²) in [7, 11) is 5.04. The molecule has 0 amide bonds. The minimum atomic E-state index is -1.07. The van der Waals surface area contributed by atoms with E-state index in [2.05, 4.69) is 15.1 Å². The zero-order valence-corrected chi connectivity index (χ0v) is 28.7. The number of rotatable bonds is 16. The molecule has 0 fully saturated rings. The first kappa shape index (κ1) is 34.6. The Balaban J connectivity index is 1.47. The second-order valence-corrected chi connectivity index (χ2v) is 11.8. The Hall–Kier alpha value is -6.22. The number of methoxy groups -OCH3 is 2. The summed E-state index contributed by atoms with van der Waals surface area (Å²) < 4.78 is 33.1. The van der Waals surface area contributed by atoms with E-state index in [1.165, 1.54) is 0 Å². The fourth-order valence-electron chi connectivity index (χ4n) is 6.11. The summed E-state index contributed by atoms with van der Waals surface area (Å²) in [6.45, 7) is -0.0493. The summed E-state index contributed by atoms with van der Waals surface area (Å²) in [6, 6.07) is 43.7. The molecule has 0 saturated carbocycles. The molecule has 51 heavy (non-hydrogen) atoms. The zero-order valence-electron chi connectivity index (χ0n) is 28.7. The topological polar surface area (TPSA) is 113 Å². The first-order valence-corrected chi connectivity index (χ1v) is 16.5. The van der Waals surface area contributed by atoms with Gasteiger partial charge in [0, 0.05) is 23.7 Å². The summed E-state index contributed by atoms with van der Waals surface area (Å²) in [5.41, 5.74) is 12.4. The van der Waals surface area contributed by atoms with Crippen molar-refractivity contribution in [2.45, 2.75) is 23.9 Å². The SMILES string of the molecule is COc1ccc(O[C@H](c2cnn(C)c2)[C@H](Oc2ccc(OC)cc2)C(COC(c2ccccc2)(c2ccccc2)c2ccccc2)N=[N+]=[N-])cc1. The molecule has 10 heteroatoms. The summed E-state index contributed by atoms with van der Waals surface area (Å²) in [5.74, 6) is 2.43. The summed E-state index contributed by atoms with van der Waals surface area (Å²) in [5, 5.41) is 8.78. The van der Waals surface area contributed by atoms with Gasteiger partial charge in [0.1, 0.15) is 34.6 Å². The van der Waals surface area contributed by atoms with E-state index in [0.29, 0.717) is 28.6 Å². The van der Waals surface area contributed by atoms with Crippen LogP contribution >= 0.6 is 0 Å². The van der Waals surface area contributed by atoms with E-state index in [9.17, 15) is 5.53 Å². The van der Waals surface area contributed by atoms with Crippen LogP contribution in [0.25, 0.3) is 10.4 Å². The smallest absolute Gasteiger partial charge is 0.164 e. The van der Waals surface area contributed by atoms with Gasteiger partial charge in [-0.2, -0.15) is 5.10 Å². The number of aromatic nitrogens is 2. The van der Waals surface area contributed by atoms with Crippen LogP contribution in [-0.2, 0) is 17.4 Å². The molecule has 0 bridgehead atoms. The molecule has 0 radical (unpaired) electrons. The third kappa shape index (κ3) is 7.99. The van der Waals surface area contributed by atoms with Crippen LogP contribution in [0.2, 0.25) is 0 Å². The van der Waals surface area contributed by atoms with Crippen LogP contribution < -0.4 is 18.9 Å². The molecule has 6 rings (SSSR count). The quantitative estimate of drug-likeness (QED) is 0.0437. The van der Waals surface area contributed by atoms with Crippen molar-refractivity contribution in [1.82, 2.24) is 9.78 Å². The van der Waals surface area contributed by atoms with Crippen LogP contribution in [0, 0.1) is 0 Å². The van der Waals surface area contributed by atoms with Crippen molar-refractivity contribution >= 4 is 0 Å². The predicted molar refractivity (Wildman–Crippen MR) is 195 cm³/mol. The number of aryl methyl sites for hydroxylation is 1. The Bertz CT molecular complexity index is 1900. The third-order valence-electron chi connectivity index (χ3n) is 8.60. The van der Waals surface area contributed by atoms with E-state index in [4.69, 9.17) is 23.7 Å². The van der Waals surface area contributed by atoms with Crippen molar-refractivity contribution in [3.63, 3.8) is 0 Å². The highest BCUT2D eigenvalue weighted by molar-refractivity contribution is 5.47. The van der Waals surface area contributed by atoms with Gasteiger partial charge < -0.3 is 23.7 Å². The van der Waals surface area contributed by atoms with Gasteiger partial charge >= 0.3 is 0 Å². The van der Waals surface area contributed by atoms with E-state index >= 15 is 0 Å². The van der Waals surface area contributed by atoms with Crippen molar-refractivity contribution in [3.8, 4) is 23.0 Å². The fraction of sp³-hybridized carbons (Fsp3) is 0.195. The summed E-state index contributed by atoms with van der Waals surface area (Å²) >= 11 is 0. The van der Waals surface area contributed by atoms with Crippen LogP contribution in [0.15, 0.2) is 157 Å². The maximum absolute atomic E-state index is 10.1. The molecule has 6 aromatic rings. The molecule has 10 nitrogen and oxygen atoms in total. The van der Waals surface area contributed by atoms with Gasteiger partial charge in [-0.05, 0) is 70.8 Å². The predicted octanol–water partition coefficient (Wildman–Crippen LogP) is 8.69. The van der Waals surface area contributed by atoms with Crippen molar-refractivity contribution in [2.24, 2.45) is 12.2 Å². The average Bonchev–Trinajstić information content (AvgIpc) is 3.63. The van der Waals surface area contributed by atoms with Gasteiger partial charge in [-0.25, -0.2) is 0 Å². The Morgan fingerprint density at radius 2 is 1.12 bits per heavy atom. The third-order valence-corrected chi connectivity index (χ3v) is 8.60. The van der Waals surface area contributed by atoms with E-state index < -0.39 is 23.9 Å². The number of benzene rings is 5. The first-order chi connectivity index (χ1) is 25.0. The van der Waals surface area contributed by atoms with Crippen LogP contribution in [0.4, 0.5) is 0 Å². The lowest BCUT2D eigenvalue weighted by molar-refractivity contribution is -0.0343. The minimum Gasteiger partial charge on any atom is -0.497 e. The molecular weight excluding hydrogens is 642 g/mol. The average molecular weight is 682 g/mol. The van der Waals surface area contributed by atoms with Gasteiger partial charge in [0.15, 0.2) is 12.2 Å². The molecule has 0 saturated heterocycles. The zero-order chi connectivity index (χ0) is 35.5. The van der Waals surface area contributed by atoms with Crippen LogP contribution in [0.3, 0.4) is 0 Å². The van der Waals surface area contributed by atoms with E-state index in [0.717, 1.165) is 16.7 Å². The van der Waals surface area contributed by atoms with Crippen LogP contribution in [0.1, 0.15) is 28.4 Å². The lowest BCUT2D eigenvalue weighted by Crippen LogP contribution is -2.44. The first-order valence-electron chi connectivity index (χ1n) is 16.5. The Morgan fingerprint density at radius 1 is 0.667 bits per heavy atom. The number of nitrogens with zero attached hydrogens (tertiary/aromatic N) is 5. The number of azide groups is 1. The molecule has 0 aliphatic carbocycles. The van der Waals surface area contributed by atoms with E-state index in [1.54, 1.807) is 49.4 Å². The maximum Gasteiger partial charge on any atom is 0.164 e. The molecule has 5 aromatic carbocycles. The normalized spacial score (nSPS) is 12.9. The number of hydrogen-bond donors (Lipinski definition) is 0. The Kier molecular flexibility index (Phi) is 11.2. The van der Waals surface area contributed by atoms with Gasteiger partial charge in [0.25, 0.3) is 0 Å². The molecule has 0 aliphatic heterocycles. The molecule has 3 atom stereocenters. The van der Waals surface area contributed by atoms with Crippen LogP contribution in [-0.4, -0.2) is 42.8 Å². The second-order valence-electron chi connectivity index (χ2n) is 11.8. The monoisotopic (exact) mass is 681 g/mol. The van der Waals surface area contributed by atoms with Crippen molar-refractivity contribution in [1.29, 1.82) is 0 Å². The molecule has 1 heterocycles. The highest BCUT2D eigenvalue weighted by Gasteiger charge is 2.41. The summed E-state index contributed by atoms with van der Waals surface area (Å²) in [6.07, 6.45) is 1.87. The van der Waals surface area contributed by atoms with Gasteiger partial charge in [-0.3, -0.25) is 4.68 Å². The molecular formula is C41H39N5O5. The fourth-order valence-corrected chi connectivity index (χ4v) is 6.11. The van der Waals surface area contributed by atoms with E-state index in [1.807, 2.05) is 129 Å². The minimum absolute atomic E-state index is 0.0493.